The standard InChI is InChI=1S/C12H18N2.2ClH/c1-10(8-13)14-7-6-11-4-2-3-5-12(11)9-14;;/h2-5,10H,6-9,13H2,1H3;2*1H. The van der Waals surface area contributed by atoms with Crippen molar-refractivity contribution < 1.29 is 0 Å². The number of nitrogens with two attached hydrogens (primary N) is 1. The highest BCUT2D eigenvalue weighted by Crippen LogP contribution is 2.19. The molecule has 1 atom stereocenters. The van der Waals surface area contributed by atoms with Crippen LogP contribution in [0.3, 0.4) is 0 Å². The first-order chi connectivity index (χ1) is 6.81. The fourth-order valence-corrected chi connectivity index (χ4v) is 2.04. The highest BCUT2D eigenvalue weighted by molar-refractivity contribution is 5.85. The Bertz CT molecular complexity index is 318. The zero-order valence-corrected chi connectivity index (χ0v) is 11.2. The Labute approximate surface area is 110 Å². The topological polar surface area (TPSA) is 29.3 Å². The van der Waals surface area contributed by atoms with Crippen molar-refractivity contribution in [3.63, 3.8) is 0 Å². The molecular formula is C12H20Cl2N2. The van der Waals surface area contributed by atoms with E-state index in [0.717, 1.165) is 19.6 Å². The van der Waals surface area contributed by atoms with E-state index >= 15 is 0 Å². The van der Waals surface area contributed by atoms with Gasteiger partial charge in [0.1, 0.15) is 0 Å². The average Bonchev–Trinajstić information content (AvgIpc) is 2.27. The quantitative estimate of drug-likeness (QED) is 0.886. The fourth-order valence-electron chi connectivity index (χ4n) is 2.04. The number of benzene rings is 1. The summed E-state index contributed by atoms with van der Waals surface area (Å²) in [6.07, 6.45) is 1.17. The van der Waals surface area contributed by atoms with Gasteiger partial charge < -0.3 is 5.73 Å². The molecule has 0 fully saturated rings. The molecule has 16 heavy (non-hydrogen) atoms. The zero-order valence-electron chi connectivity index (χ0n) is 9.56. The van der Waals surface area contributed by atoms with E-state index in [9.17, 15) is 0 Å². The van der Waals surface area contributed by atoms with Crippen molar-refractivity contribution in [3.05, 3.63) is 35.4 Å². The predicted molar refractivity (Wildman–Crippen MR) is 73.6 cm³/mol. The summed E-state index contributed by atoms with van der Waals surface area (Å²) in [5.41, 5.74) is 8.66. The Balaban J connectivity index is 0.00000112. The van der Waals surface area contributed by atoms with E-state index in [-0.39, 0.29) is 24.8 Å². The van der Waals surface area contributed by atoms with Crippen molar-refractivity contribution in [3.8, 4) is 0 Å². The summed E-state index contributed by atoms with van der Waals surface area (Å²) in [6.45, 7) is 5.17. The van der Waals surface area contributed by atoms with Gasteiger partial charge in [-0.1, -0.05) is 24.3 Å². The largest absolute Gasteiger partial charge is 0.329 e. The maximum atomic E-state index is 5.68. The Morgan fingerprint density at radius 3 is 2.50 bits per heavy atom. The van der Waals surface area contributed by atoms with Gasteiger partial charge in [-0.15, -0.1) is 24.8 Å². The second-order valence-electron chi connectivity index (χ2n) is 4.07. The molecule has 0 radical (unpaired) electrons. The molecule has 0 bridgehead atoms. The fraction of sp³-hybridized carbons (Fsp3) is 0.500. The van der Waals surface area contributed by atoms with Crippen LogP contribution in [0.15, 0.2) is 24.3 Å². The number of hydrogen-bond donors (Lipinski definition) is 1. The molecule has 0 saturated heterocycles. The maximum absolute atomic E-state index is 5.68. The maximum Gasteiger partial charge on any atom is 0.0239 e. The molecular weight excluding hydrogens is 243 g/mol. The summed E-state index contributed by atoms with van der Waals surface area (Å²) in [6, 6.07) is 9.21. The zero-order chi connectivity index (χ0) is 9.97. The average molecular weight is 263 g/mol. The van der Waals surface area contributed by atoms with Gasteiger partial charge in [0.05, 0.1) is 0 Å². The molecule has 1 unspecified atom stereocenters. The third kappa shape index (κ3) is 3.36. The van der Waals surface area contributed by atoms with Crippen LogP contribution >= 0.6 is 24.8 Å². The number of nitrogens with zero attached hydrogens (tertiary/aromatic N) is 1. The Morgan fingerprint density at radius 1 is 1.25 bits per heavy atom. The first-order valence-electron chi connectivity index (χ1n) is 5.32. The molecule has 2 N–H and O–H groups in total. The van der Waals surface area contributed by atoms with Crippen LogP contribution in [-0.4, -0.2) is 24.0 Å². The highest BCUT2D eigenvalue weighted by Gasteiger charge is 2.18. The monoisotopic (exact) mass is 262 g/mol. The minimum absolute atomic E-state index is 0. The number of fused-ring (bicyclic) bond motifs is 1. The Morgan fingerprint density at radius 2 is 1.88 bits per heavy atom. The van der Waals surface area contributed by atoms with Gasteiger partial charge in [-0.25, -0.2) is 0 Å². The van der Waals surface area contributed by atoms with Crippen molar-refractivity contribution in [2.24, 2.45) is 5.73 Å². The minimum atomic E-state index is 0. The van der Waals surface area contributed by atoms with Crippen LogP contribution in [0, 0.1) is 0 Å². The van der Waals surface area contributed by atoms with Crippen LogP contribution in [0.1, 0.15) is 18.1 Å². The highest BCUT2D eigenvalue weighted by atomic mass is 35.5. The smallest absolute Gasteiger partial charge is 0.0239 e. The molecule has 1 aliphatic rings. The van der Waals surface area contributed by atoms with Gasteiger partial charge in [0, 0.05) is 25.7 Å². The van der Waals surface area contributed by atoms with Gasteiger partial charge in [0.2, 0.25) is 0 Å². The number of halogens is 2. The van der Waals surface area contributed by atoms with E-state index in [1.54, 1.807) is 0 Å². The molecule has 0 aliphatic carbocycles. The third-order valence-corrected chi connectivity index (χ3v) is 3.12. The predicted octanol–water partition coefficient (Wildman–Crippen LogP) is 2.24. The van der Waals surface area contributed by atoms with Crippen LogP contribution < -0.4 is 5.73 Å². The van der Waals surface area contributed by atoms with Crippen LogP contribution in [0.5, 0.6) is 0 Å². The molecule has 2 nitrogen and oxygen atoms in total. The van der Waals surface area contributed by atoms with Gasteiger partial charge in [0.25, 0.3) is 0 Å². The van der Waals surface area contributed by atoms with Gasteiger partial charge in [0.15, 0.2) is 0 Å². The van der Waals surface area contributed by atoms with Crippen molar-refractivity contribution in [2.45, 2.75) is 25.9 Å². The summed E-state index contributed by atoms with van der Waals surface area (Å²) >= 11 is 0. The van der Waals surface area contributed by atoms with Gasteiger partial charge in [-0.05, 0) is 24.5 Å². The Hall–Kier alpha value is -0.280. The van der Waals surface area contributed by atoms with E-state index in [1.165, 1.54) is 17.5 Å². The molecule has 1 heterocycles. The van der Waals surface area contributed by atoms with E-state index in [4.69, 9.17) is 5.73 Å². The third-order valence-electron chi connectivity index (χ3n) is 3.12. The lowest BCUT2D eigenvalue weighted by atomic mass is 9.99. The van der Waals surface area contributed by atoms with E-state index in [2.05, 4.69) is 36.1 Å². The first kappa shape index (κ1) is 15.7. The van der Waals surface area contributed by atoms with Crippen LogP contribution in [-0.2, 0) is 13.0 Å². The molecule has 92 valence electrons. The Kier molecular flexibility index (Phi) is 7.00. The van der Waals surface area contributed by atoms with Gasteiger partial charge >= 0.3 is 0 Å². The number of hydrogen-bond acceptors (Lipinski definition) is 2. The number of rotatable bonds is 2. The molecule has 1 aromatic carbocycles. The van der Waals surface area contributed by atoms with Crippen molar-refractivity contribution in [1.29, 1.82) is 0 Å². The molecule has 1 aliphatic heterocycles. The molecule has 0 saturated carbocycles. The molecule has 0 spiro atoms. The molecule has 1 aromatic rings. The van der Waals surface area contributed by atoms with E-state index < -0.39 is 0 Å². The SMILES string of the molecule is CC(CN)N1CCc2ccccc2C1.Cl.Cl. The second-order valence-corrected chi connectivity index (χ2v) is 4.07. The van der Waals surface area contributed by atoms with Crippen LogP contribution in [0.25, 0.3) is 0 Å². The van der Waals surface area contributed by atoms with Crippen molar-refractivity contribution in [2.75, 3.05) is 13.1 Å². The van der Waals surface area contributed by atoms with E-state index in [0.29, 0.717) is 6.04 Å². The van der Waals surface area contributed by atoms with E-state index in [1.807, 2.05) is 0 Å². The summed E-state index contributed by atoms with van der Waals surface area (Å²) in [5, 5.41) is 0. The summed E-state index contributed by atoms with van der Waals surface area (Å²) in [7, 11) is 0. The normalized spacial score (nSPS) is 16.6. The van der Waals surface area contributed by atoms with Crippen molar-refractivity contribution >= 4 is 24.8 Å². The second kappa shape index (κ2) is 7.13. The molecule has 0 aromatic heterocycles. The van der Waals surface area contributed by atoms with Gasteiger partial charge in [-0.3, -0.25) is 4.90 Å². The van der Waals surface area contributed by atoms with Crippen LogP contribution in [0.4, 0.5) is 0 Å². The van der Waals surface area contributed by atoms with Crippen molar-refractivity contribution in [1.82, 2.24) is 4.90 Å². The first-order valence-corrected chi connectivity index (χ1v) is 5.32. The lowest BCUT2D eigenvalue weighted by Crippen LogP contribution is -2.41. The summed E-state index contributed by atoms with van der Waals surface area (Å²) in [4.78, 5) is 2.46. The van der Waals surface area contributed by atoms with Crippen LogP contribution in [0.2, 0.25) is 0 Å². The molecule has 4 heteroatoms. The molecule has 2 rings (SSSR count). The lowest BCUT2D eigenvalue weighted by Gasteiger charge is -2.33. The summed E-state index contributed by atoms with van der Waals surface area (Å²) < 4.78 is 0. The lowest BCUT2D eigenvalue weighted by molar-refractivity contribution is 0.195. The summed E-state index contributed by atoms with van der Waals surface area (Å²) in [5.74, 6) is 0. The molecule has 0 amide bonds. The van der Waals surface area contributed by atoms with Gasteiger partial charge in [-0.2, -0.15) is 0 Å². The minimum Gasteiger partial charge on any atom is -0.329 e.